The van der Waals surface area contributed by atoms with Crippen LogP contribution in [0, 0.1) is 5.41 Å². The molecule has 0 aliphatic carbocycles. The minimum atomic E-state index is -1.05. The van der Waals surface area contributed by atoms with Crippen LogP contribution in [-0.4, -0.2) is 39.5 Å². The lowest BCUT2D eigenvalue weighted by atomic mass is 10.0. The highest BCUT2D eigenvalue weighted by Crippen LogP contribution is 2.32. The lowest BCUT2D eigenvalue weighted by molar-refractivity contribution is 0.0686. The zero-order chi connectivity index (χ0) is 24.9. The summed E-state index contributed by atoms with van der Waals surface area (Å²) in [6, 6.07) is 18.9. The largest absolute Gasteiger partial charge is 0.478 e. The molecule has 11 heteroatoms. The molecule has 0 unspecified atom stereocenters. The van der Waals surface area contributed by atoms with Gasteiger partial charge in [-0.3, -0.25) is 16.3 Å². The number of anilines is 2. The summed E-state index contributed by atoms with van der Waals surface area (Å²) in [6.07, 6.45) is -0.822. The summed E-state index contributed by atoms with van der Waals surface area (Å²) in [5.41, 5.74) is 7.83. The highest BCUT2D eigenvalue weighted by atomic mass is 35.5. The summed E-state index contributed by atoms with van der Waals surface area (Å²) in [5, 5.41) is 35.5. The third kappa shape index (κ3) is 5.28. The van der Waals surface area contributed by atoms with Crippen LogP contribution >= 0.6 is 11.6 Å². The van der Waals surface area contributed by atoms with Crippen LogP contribution in [0.1, 0.15) is 32.4 Å². The summed E-state index contributed by atoms with van der Waals surface area (Å²) in [7, 11) is 0. The molecule has 1 heterocycles. The van der Waals surface area contributed by atoms with Crippen molar-refractivity contribution in [1.29, 1.82) is 5.41 Å². The highest BCUT2D eigenvalue weighted by molar-refractivity contribution is 6.70. The van der Waals surface area contributed by atoms with E-state index >= 15 is 0 Å². The highest BCUT2D eigenvalue weighted by Gasteiger charge is 2.38. The zero-order valence-corrected chi connectivity index (χ0v) is 18.7. The van der Waals surface area contributed by atoms with Gasteiger partial charge < -0.3 is 14.9 Å². The van der Waals surface area contributed by atoms with Crippen molar-refractivity contribution in [3.63, 3.8) is 0 Å². The Balaban J connectivity index is 1.66. The van der Waals surface area contributed by atoms with Crippen LogP contribution in [0.15, 0.2) is 83.0 Å². The van der Waals surface area contributed by atoms with Gasteiger partial charge in [0.1, 0.15) is 5.71 Å². The Morgan fingerprint density at radius 3 is 1.86 bits per heavy atom. The number of carbonyl (C=O) groups is 2. The maximum atomic E-state index is 11.1. The number of aromatic carboxylic acids is 2. The minimum Gasteiger partial charge on any atom is -0.478 e. The molecule has 0 spiro atoms. The second kappa shape index (κ2) is 10.1. The Morgan fingerprint density at radius 1 is 0.829 bits per heavy atom. The van der Waals surface area contributed by atoms with Gasteiger partial charge in [-0.2, -0.15) is 10.2 Å². The fraction of sp³-hybridized carbons (Fsp3) is 0.0417. The van der Waals surface area contributed by atoms with Crippen LogP contribution in [-0.2, 0) is 4.74 Å². The van der Waals surface area contributed by atoms with E-state index in [9.17, 15) is 9.59 Å². The topological polar surface area (TPSA) is 156 Å². The SMILES string of the molecule is N=C1O[C@@H](c2ccccc2Cl)C(=NNc2ccc(C(=O)O)cc2)/C1=N\Nc1ccc(C(=O)O)cc1. The Morgan fingerprint density at radius 2 is 1.34 bits per heavy atom. The number of carboxylic acid groups (broad SMARTS) is 2. The predicted molar refractivity (Wildman–Crippen MR) is 132 cm³/mol. The number of nitrogens with one attached hydrogen (secondary N) is 3. The van der Waals surface area contributed by atoms with Crippen LogP contribution in [0.5, 0.6) is 0 Å². The van der Waals surface area contributed by atoms with Crippen LogP contribution in [0.3, 0.4) is 0 Å². The Bertz CT molecular complexity index is 1350. The van der Waals surface area contributed by atoms with E-state index < -0.39 is 18.0 Å². The molecule has 0 amide bonds. The van der Waals surface area contributed by atoms with Gasteiger partial charge in [0.15, 0.2) is 11.8 Å². The standard InChI is InChI=1S/C24H18ClN5O5/c25-18-4-2-1-3-17(18)21-19(29-27-15-9-5-13(6-10-15)23(31)32)20(22(26)35-21)30-28-16-11-7-14(8-12-16)24(33)34/h1-12,21,26-28H,(H,31,32)(H,33,34)/b26-22?,29-19?,30-20+/t21-/m0/s1. The van der Waals surface area contributed by atoms with E-state index in [2.05, 4.69) is 21.1 Å². The van der Waals surface area contributed by atoms with E-state index in [4.69, 9.17) is 32.0 Å². The molecule has 3 aromatic carbocycles. The van der Waals surface area contributed by atoms with E-state index in [1.807, 2.05) is 0 Å². The lowest BCUT2D eigenvalue weighted by Gasteiger charge is -2.12. The van der Waals surface area contributed by atoms with Crippen molar-refractivity contribution in [2.75, 3.05) is 10.9 Å². The van der Waals surface area contributed by atoms with E-state index in [1.165, 1.54) is 36.4 Å². The van der Waals surface area contributed by atoms with Crippen molar-refractivity contribution in [2.24, 2.45) is 10.2 Å². The number of nitrogens with zero attached hydrogens (tertiary/aromatic N) is 2. The molecule has 1 saturated heterocycles. The van der Waals surface area contributed by atoms with Crippen molar-refractivity contribution >= 4 is 52.2 Å². The average Bonchev–Trinajstić information content (AvgIpc) is 3.16. The molecule has 1 aliphatic rings. The lowest BCUT2D eigenvalue weighted by Crippen LogP contribution is -2.20. The molecule has 0 radical (unpaired) electrons. The third-order valence-corrected chi connectivity index (χ3v) is 5.34. The number of hydrazone groups is 2. The number of benzene rings is 3. The maximum Gasteiger partial charge on any atom is 0.335 e. The molecule has 10 nitrogen and oxygen atoms in total. The van der Waals surface area contributed by atoms with Crippen molar-refractivity contribution in [1.82, 2.24) is 0 Å². The second-order valence-corrected chi connectivity index (χ2v) is 7.70. The van der Waals surface area contributed by atoms with Crippen molar-refractivity contribution in [2.45, 2.75) is 6.10 Å². The molecule has 1 atom stereocenters. The summed E-state index contributed by atoms with van der Waals surface area (Å²) >= 11 is 6.36. The van der Waals surface area contributed by atoms with Crippen molar-refractivity contribution < 1.29 is 24.5 Å². The Hall–Kier alpha value is -4.70. The molecule has 5 N–H and O–H groups in total. The van der Waals surface area contributed by atoms with Gasteiger partial charge in [0.25, 0.3) is 0 Å². The molecule has 0 aromatic heterocycles. The molecule has 35 heavy (non-hydrogen) atoms. The summed E-state index contributed by atoms with van der Waals surface area (Å²) in [5.74, 6) is -2.34. The molecular formula is C24H18ClN5O5. The molecule has 1 fully saturated rings. The normalized spacial score (nSPS) is 17.3. The molecule has 176 valence electrons. The number of carboxylic acids is 2. The third-order valence-electron chi connectivity index (χ3n) is 5.00. The van der Waals surface area contributed by atoms with Gasteiger partial charge in [0.2, 0.25) is 5.90 Å². The molecular weight excluding hydrogens is 474 g/mol. The van der Waals surface area contributed by atoms with Gasteiger partial charge >= 0.3 is 11.9 Å². The first-order chi connectivity index (χ1) is 16.8. The van der Waals surface area contributed by atoms with E-state index in [-0.39, 0.29) is 28.4 Å². The predicted octanol–water partition coefficient (Wildman–Crippen LogP) is 4.72. The van der Waals surface area contributed by atoms with Gasteiger partial charge in [-0.05, 0) is 54.6 Å². The second-order valence-electron chi connectivity index (χ2n) is 7.29. The smallest absolute Gasteiger partial charge is 0.335 e. The summed E-state index contributed by atoms with van der Waals surface area (Å²) in [6.45, 7) is 0. The van der Waals surface area contributed by atoms with Crippen LogP contribution in [0.4, 0.5) is 11.4 Å². The molecule has 1 aliphatic heterocycles. The van der Waals surface area contributed by atoms with Crippen LogP contribution < -0.4 is 10.9 Å². The Kier molecular flexibility index (Phi) is 6.74. The first-order valence-electron chi connectivity index (χ1n) is 10.2. The first kappa shape index (κ1) is 23.5. The molecule has 3 aromatic rings. The van der Waals surface area contributed by atoms with E-state index in [0.29, 0.717) is 22.0 Å². The monoisotopic (exact) mass is 491 g/mol. The molecule has 0 bridgehead atoms. The summed E-state index contributed by atoms with van der Waals surface area (Å²) < 4.78 is 5.73. The maximum absolute atomic E-state index is 11.1. The van der Waals surface area contributed by atoms with Gasteiger partial charge in [0, 0.05) is 10.6 Å². The number of halogens is 1. The van der Waals surface area contributed by atoms with Gasteiger partial charge in [-0.1, -0.05) is 29.8 Å². The molecule has 0 saturated carbocycles. The molecule has 4 rings (SSSR count). The fourth-order valence-electron chi connectivity index (χ4n) is 3.21. The van der Waals surface area contributed by atoms with E-state index in [0.717, 1.165) is 0 Å². The van der Waals surface area contributed by atoms with Crippen LogP contribution in [0.2, 0.25) is 5.02 Å². The number of hydrogen-bond donors (Lipinski definition) is 5. The number of rotatable bonds is 7. The zero-order valence-electron chi connectivity index (χ0n) is 17.9. The quantitative estimate of drug-likeness (QED) is 0.299. The first-order valence-corrected chi connectivity index (χ1v) is 10.6. The van der Waals surface area contributed by atoms with E-state index in [1.54, 1.807) is 36.4 Å². The van der Waals surface area contributed by atoms with Gasteiger partial charge in [-0.15, -0.1) is 0 Å². The van der Waals surface area contributed by atoms with Gasteiger partial charge in [-0.25, -0.2) is 9.59 Å². The average molecular weight is 492 g/mol. The minimum absolute atomic E-state index is 0.104. The van der Waals surface area contributed by atoms with Crippen LogP contribution in [0.25, 0.3) is 0 Å². The van der Waals surface area contributed by atoms with Crippen molar-refractivity contribution in [3.8, 4) is 0 Å². The fourth-order valence-corrected chi connectivity index (χ4v) is 3.44. The van der Waals surface area contributed by atoms with Gasteiger partial charge in [0.05, 0.1) is 22.5 Å². The summed E-state index contributed by atoms with van der Waals surface area (Å²) in [4.78, 5) is 22.1. The Labute approximate surface area is 204 Å². The number of hydrogen-bond acceptors (Lipinski definition) is 8. The number of ether oxygens (including phenoxy) is 1. The van der Waals surface area contributed by atoms with Crippen molar-refractivity contribution in [3.05, 3.63) is 94.5 Å².